The Bertz CT molecular complexity index is 634. The average molecular weight is 329 g/mol. The van der Waals surface area contributed by atoms with Crippen molar-refractivity contribution in [3.8, 4) is 0 Å². The van der Waals surface area contributed by atoms with Crippen molar-refractivity contribution in [1.82, 2.24) is 5.32 Å². The predicted octanol–water partition coefficient (Wildman–Crippen LogP) is 3.86. The summed E-state index contributed by atoms with van der Waals surface area (Å²) in [5, 5.41) is 2.85. The van der Waals surface area contributed by atoms with E-state index in [-0.39, 0.29) is 5.91 Å². The number of hydrogen-bond acceptors (Lipinski definition) is 3. The lowest BCUT2D eigenvalue weighted by Crippen LogP contribution is -2.36. The van der Waals surface area contributed by atoms with Gasteiger partial charge in [-0.05, 0) is 76.1 Å². The molecule has 2 rings (SSSR count). The third-order valence-electron chi connectivity index (χ3n) is 4.53. The van der Waals surface area contributed by atoms with E-state index in [9.17, 15) is 9.59 Å². The molecule has 0 spiro atoms. The van der Waals surface area contributed by atoms with Crippen molar-refractivity contribution in [3.63, 3.8) is 0 Å². The maximum Gasteiger partial charge on any atom is 0.338 e. The Morgan fingerprint density at radius 2 is 2.00 bits per heavy atom. The zero-order valence-corrected chi connectivity index (χ0v) is 14.9. The minimum absolute atomic E-state index is 0.247. The summed E-state index contributed by atoms with van der Waals surface area (Å²) < 4.78 is 5.27. The summed E-state index contributed by atoms with van der Waals surface area (Å²) in [5.41, 5.74) is 4.04. The molecule has 1 aliphatic rings. The highest BCUT2D eigenvalue weighted by atomic mass is 16.5. The second kappa shape index (κ2) is 8.67. The Labute approximate surface area is 144 Å². The summed E-state index contributed by atoms with van der Waals surface area (Å²) in [6.45, 7) is 6.13. The second-order valence-electron chi connectivity index (χ2n) is 6.50. The van der Waals surface area contributed by atoms with E-state index in [0.717, 1.165) is 30.4 Å². The van der Waals surface area contributed by atoms with E-state index < -0.39 is 12.1 Å². The van der Waals surface area contributed by atoms with E-state index >= 15 is 0 Å². The maximum absolute atomic E-state index is 12.1. The number of hydrogen-bond donors (Lipinski definition) is 1. The zero-order chi connectivity index (χ0) is 17.5. The van der Waals surface area contributed by atoms with Crippen molar-refractivity contribution in [3.05, 3.63) is 46.5 Å². The molecule has 1 N–H and O–H groups in total. The standard InChI is InChI=1S/C20H27NO3/c1-14-9-10-18(13-15(14)2)20(23)24-16(3)19(22)21-12-11-17-7-5-4-6-8-17/h7,9-10,13,16H,4-6,8,11-12H2,1-3H3,(H,21,22)/t16-/m1/s1. The predicted molar refractivity (Wildman–Crippen MR) is 95.0 cm³/mol. The molecule has 1 aromatic rings. The first kappa shape index (κ1) is 18.2. The van der Waals surface area contributed by atoms with Gasteiger partial charge in [0.05, 0.1) is 5.56 Å². The molecule has 0 bridgehead atoms. The van der Waals surface area contributed by atoms with Gasteiger partial charge in [-0.3, -0.25) is 4.79 Å². The summed E-state index contributed by atoms with van der Waals surface area (Å²) in [5.74, 6) is -0.709. The SMILES string of the molecule is Cc1ccc(C(=O)O[C@H](C)C(=O)NCCC2=CCCCC2)cc1C. The molecule has 0 unspecified atom stereocenters. The average Bonchev–Trinajstić information content (AvgIpc) is 2.58. The highest BCUT2D eigenvalue weighted by molar-refractivity contribution is 5.92. The van der Waals surface area contributed by atoms with Gasteiger partial charge in [-0.25, -0.2) is 4.79 Å². The molecule has 1 atom stereocenters. The number of aryl methyl sites for hydroxylation is 2. The van der Waals surface area contributed by atoms with Gasteiger partial charge in [0.25, 0.3) is 5.91 Å². The Balaban J connectivity index is 1.78. The van der Waals surface area contributed by atoms with Crippen LogP contribution in [0.1, 0.15) is 60.5 Å². The van der Waals surface area contributed by atoms with Crippen LogP contribution in [0, 0.1) is 13.8 Å². The highest BCUT2D eigenvalue weighted by Crippen LogP contribution is 2.19. The fourth-order valence-electron chi connectivity index (χ4n) is 2.77. The number of allylic oxidation sites excluding steroid dienone is 1. The summed E-state index contributed by atoms with van der Waals surface area (Å²) in [6.07, 6.45) is 7.15. The first-order valence-corrected chi connectivity index (χ1v) is 8.71. The molecule has 1 aromatic carbocycles. The molecule has 24 heavy (non-hydrogen) atoms. The molecule has 1 amide bonds. The lowest BCUT2D eigenvalue weighted by Gasteiger charge is -2.16. The van der Waals surface area contributed by atoms with E-state index in [1.165, 1.54) is 18.4 Å². The fraction of sp³-hybridized carbons (Fsp3) is 0.500. The molecule has 130 valence electrons. The van der Waals surface area contributed by atoms with Crippen LogP contribution in [0.3, 0.4) is 0 Å². The monoisotopic (exact) mass is 329 g/mol. The van der Waals surface area contributed by atoms with Crippen LogP contribution >= 0.6 is 0 Å². The Kier molecular flexibility index (Phi) is 6.59. The van der Waals surface area contributed by atoms with Crippen LogP contribution in [-0.4, -0.2) is 24.5 Å². The number of nitrogens with one attached hydrogen (secondary N) is 1. The smallest absolute Gasteiger partial charge is 0.338 e. The van der Waals surface area contributed by atoms with Crippen LogP contribution < -0.4 is 5.32 Å². The molecule has 0 fully saturated rings. The molecule has 0 saturated carbocycles. The van der Waals surface area contributed by atoms with Gasteiger partial charge in [-0.15, -0.1) is 0 Å². The molecule has 4 heteroatoms. The number of amides is 1. The van der Waals surface area contributed by atoms with Gasteiger partial charge in [-0.2, -0.15) is 0 Å². The van der Waals surface area contributed by atoms with Crippen LogP contribution in [0.4, 0.5) is 0 Å². The van der Waals surface area contributed by atoms with Gasteiger partial charge < -0.3 is 10.1 Å². The number of benzene rings is 1. The van der Waals surface area contributed by atoms with Crippen molar-refractivity contribution >= 4 is 11.9 Å². The summed E-state index contributed by atoms with van der Waals surface area (Å²) in [4.78, 5) is 24.2. The van der Waals surface area contributed by atoms with Crippen LogP contribution in [0.15, 0.2) is 29.8 Å². The highest BCUT2D eigenvalue weighted by Gasteiger charge is 2.19. The van der Waals surface area contributed by atoms with Gasteiger partial charge in [0.1, 0.15) is 0 Å². The quantitative estimate of drug-likeness (QED) is 0.637. The van der Waals surface area contributed by atoms with Gasteiger partial charge in [0, 0.05) is 6.54 Å². The molecule has 4 nitrogen and oxygen atoms in total. The molecule has 0 saturated heterocycles. The number of rotatable bonds is 6. The van der Waals surface area contributed by atoms with Crippen LogP contribution in [0.5, 0.6) is 0 Å². The van der Waals surface area contributed by atoms with E-state index in [2.05, 4.69) is 11.4 Å². The van der Waals surface area contributed by atoms with Crippen molar-refractivity contribution in [2.24, 2.45) is 0 Å². The largest absolute Gasteiger partial charge is 0.449 e. The Hall–Kier alpha value is -2.10. The van der Waals surface area contributed by atoms with Gasteiger partial charge >= 0.3 is 5.97 Å². The molecular formula is C20H27NO3. The summed E-state index contributed by atoms with van der Waals surface area (Å²) >= 11 is 0. The molecule has 0 radical (unpaired) electrons. The minimum atomic E-state index is -0.792. The molecule has 1 aliphatic carbocycles. The minimum Gasteiger partial charge on any atom is -0.449 e. The van der Waals surface area contributed by atoms with E-state index in [0.29, 0.717) is 12.1 Å². The van der Waals surface area contributed by atoms with Crippen molar-refractivity contribution in [1.29, 1.82) is 0 Å². The van der Waals surface area contributed by atoms with Crippen molar-refractivity contribution in [2.45, 2.75) is 59.0 Å². The van der Waals surface area contributed by atoms with Crippen LogP contribution in [-0.2, 0) is 9.53 Å². The first-order chi connectivity index (χ1) is 11.5. The maximum atomic E-state index is 12.1. The molecule has 0 heterocycles. The third kappa shape index (κ3) is 5.22. The van der Waals surface area contributed by atoms with Gasteiger partial charge in [0.15, 0.2) is 6.10 Å². The van der Waals surface area contributed by atoms with E-state index in [1.807, 2.05) is 19.9 Å². The summed E-state index contributed by atoms with van der Waals surface area (Å²) in [7, 11) is 0. The molecule has 0 aliphatic heterocycles. The van der Waals surface area contributed by atoms with E-state index in [4.69, 9.17) is 4.74 Å². The van der Waals surface area contributed by atoms with Crippen LogP contribution in [0.25, 0.3) is 0 Å². The lowest BCUT2D eigenvalue weighted by molar-refractivity contribution is -0.129. The fourth-order valence-corrected chi connectivity index (χ4v) is 2.77. The lowest BCUT2D eigenvalue weighted by atomic mass is 9.97. The molecular weight excluding hydrogens is 302 g/mol. The van der Waals surface area contributed by atoms with Crippen molar-refractivity contribution in [2.75, 3.05) is 6.54 Å². The zero-order valence-electron chi connectivity index (χ0n) is 14.9. The van der Waals surface area contributed by atoms with Gasteiger partial charge in [-0.1, -0.05) is 17.7 Å². The topological polar surface area (TPSA) is 55.4 Å². The summed E-state index contributed by atoms with van der Waals surface area (Å²) in [6, 6.07) is 5.40. The number of esters is 1. The Morgan fingerprint density at radius 1 is 1.21 bits per heavy atom. The van der Waals surface area contributed by atoms with Gasteiger partial charge in [0.2, 0.25) is 0 Å². The molecule has 0 aromatic heterocycles. The van der Waals surface area contributed by atoms with E-state index in [1.54, 1.807) is 19.1 Å². The Morgan fingerprint density at radius 3 is 2.67 bits per heavy atom. The number of ether oxygens (including phenoxy) is 1. The first-order valence-electron chi connectivity index (χ1n) is 8.71. The third-order valence-corrected chi connectivity index (χ3v) is 4.53. The number of carbonyl (C=O) groups excluding carboxylic acids is 2. The van der Waals surface area contributed by atoms with Crippen LogP contribution in [0.2, 0.25) is 0 Å². The second-order valence-corrected chi connectivity index (χ2v) is 6.50. The normalized spacial score (nSPS) is 15.4. The van der Waals surface area contributed by atoms with Crippen molar-refractivity contribution < 1.29 is 14.3 Å². The number of carbonyl (C=O) groups is 2.